The molecule has 8 nitrogen and oxygen atoms in total. The summed E-state index contributed by atoms with van der Waals surface area (Å²) >= 11 is 0. The van der Waals surface area contributed by atoms with Gasteiger partial charge in [-0.05, 0) is 19.8 Å². The molecule has 3 N–H and O–H groups in total. The van der Waals surface area contributed by atoms with Crippen molar-refractivity contribution in [1.29, 1.82) is 0 Å². The topological polar surface area (TPSA) is 122 Å². The molecule has 9 heteroatoms. The largest absolute Gasteiger partial charge is 0.480 e. The van der Waals surface area contributed by atoms with E-state index in [0.29, 0.717) is 12.8 Å². The Morgan fingerprint density at radius 1 is 1.58 bits per heavy atom. The molecule has 0 spiro atoms. The van der Waals surface area contributed by atoms with Gasteiger partial charge in [-0.25, -0.2) is 13.1 Å². The fraction of sp³-hybridized carbons (Fsp3) is 0.600. The van der Waals surface area contributed by atoms with Crippen molar-refractivity contribution in [3.8, 4) is 0 Å². The quantitative estimate of drug-likeness (QED) is 0.588. The summed E-state index contributed by atoms with van der Waals surface area (Å²) in [5.41, 5.74) is 0. The number of carbonyl (C=O) groups is 1. The van der Waals surface area contributed by atoms with Crippen molar-refractivity contribution in [1.82, 2.24) is 14.5 Å². The third-order valence-corrected chi connectivity index (χ3v) is 3.91. The van der Waals surface area contributed by atoms with Gasteiger partial charge in [0.25, 0.3) is 0 Å². The van der Waals surface area contributed by atoms with Crippen LogP contribution in [0.2, 0.25) is 0 Å². The lowest BCUT2D eigenvalue weighted by atomic mass is 10.2. The average molecular weight is 291 g/mol. The third kappa shape index (κ3) is 4.97. The van der Waals surface area contributed by atoms with E-state index in [1.54, 1.807) is 6.92 Å². The maximum Gasteiger partial charge on any atom is 0.325 e. The highest BCUT2D eigenvalue weighted by molar-refractivity contribution is 7.89. The summed E-state index contributed by atoms with van der Waals surface area (Å²) in [6, 6.07) is -0.319. The standard InChI is InChI=1S/C10H17N3O5S/c1-8(3-2-4-14)12-19(17,18)9-5-11-13(6-9)7-10(15)16/h5-6,8,12,14H,2-4,7H2,1H3,(H,15,16). The number of hydrogen-bond donors (Lipinski definition) is 3. The average Bonchev–Trinajstić information content (AvgIpc) is 2.74. The minimum absolute atomic E-state index is 0.00259. The van der Waals surface area contributed by atoms with Gasteiger partial charge in [0.05, 0.1) is 6.20 Å². The number of aliphatic hydroxyl groups is 1. The molecular weight excluding hydrogens is 274 g/mol. The second-order valence-electron chi connectivity index (χ2n) is 4.16. The fourth-order valence-electron chi connectivity index (χ4n) is 1.50. The van der Waals surface area contributed by atoms with Crippen LogP contribution < -0.4 is 4.72 Å². The zero-order valence-electron chi connectivity index (χ0n) is 10.5. The first kappa shape index (κ1) is 15.6. The Morgan fingerprint density at radius 3 is 2.84 bits per heavy atom. The Labute approximate surface area is 111 Å². The maximum absolute atomic E-state index is 11.9. The van der Waals surface area contributed by atoms with Crippen LogP contribution in [0.5, 0.6) is 0 Å². The number of carboxylic acid groups (broad SMARTS) is 1. The molecule has 0 fully saturated rings. The van der Waals surface area contributed by atoms with Gasteiger partial charge in [-0.1, -0.05) is 0 Å². The van der Waals surface area contributed by atoms with Crippen LogP contribution in [0.3, 0.4) is 0 Å². The molecule has 0 aliphatic rings. The molecule has 0 radical (unpaired) electrons. The van der Waals surface area contributed by atoms with E-state index in [9.17, 15) is 13.2 Å². The highest BCUT2D eigenvalue weighted by atomic mass is 32.2. The van der Waals surface area contributed by atoms with Crippen molar-refractivity contribution in [3.05, 3.63) is 12.4 Å². The van der Waals surface area contributed by atoms with Gasteiger partial charge in [-0.3, -0.25) is 9.48 Å². The summed E-state index contributed by atoms with van der Waals surface area (Å²) in [5.74, 6) is -1.10. The van der Waals surface area contributed by atoms with Crippen molar-refractivity contribution in [2.75, 3.05) is 6.61 Å². The molecule has 0 saturated carbocycles. The van der Waals surface area contributed by atoms with Crippen molar-refractivity contribution in [2.24, 2.45) is 0 Å². The SMILES string of the molecule is CC(CCCO)NS(=O)(=O)c1cnn(CC(=O)O)c1. The molecule has 1 aromatic rings. The van der Waals surface area contributed by atoms with Gasteiger partial charge in [-0.15, -0.1) is 0 Å². The Balaban J connectivity index is 2.71. The van der Waals surface area contributed by atoms with E-state index in [1.807, 2.05) is 0 Å². The number of nitrogens with zero attached hydrogens (tertiary/aromatic N) is 2. The summed E-state index contributed by atoms with van der Waals surface area (Å²) in [4.78, 5) is 10.4. The van der Waals surface area contributed by atoms with Crippen LogP contribution in [0.4, 0.5) is 0 Å². The molecule has 0 aliphatic heterocycles. The molecule has 1 heterocycles. The molecule has 108 valence electrons. The summed E-state index contributed by atoms with van der Waals surface area (Å²) in [7, 11) is -3.71. The van der Waals surface area contributed by atoms with Crippen molar-refractivity contribution in [2.45, 2.75) is 37.2 Å². The van der Waals surface area contributed by atoms with E-state index in [0.717, 1.165) is 17.1 Å². The minimum Gasteiger partial charge on any atom is -0.480 e. The molecule has 0 bridgehead atoms. The summed E-state index contributed by atoms with van der Waals surface area (Å²) in [6.07, 6.45) is 3.28. The first-order valence-electron chi connectivity index (χ1n) is 5.72. The number of rotatable bonds is 8. The van der Waals surface area contributed by atoms with Crippen molar-refractivity contribution in [3.63, 3.8) is 0 Å². The highest BCUT2D eigenvalue weighted by Gasteiger charge is 2.19. The molecule has 0 aliphatic carbocycles. The molecule has 1 aromatic heterocycles. The van der Waals surface area contributed by atoms with Crippen LogP contribution in [-0.2, 0) is 21.4 Å². The zero-order chi connectivity index (χ0) is 14.5. The van der Waals surface area contributed by atoms with Crippen LogP contribution in [0.25, 0.3) is 0 Å². The lowest BCUT2D eigenvalue weighted by molar-refractivity contribution is -0.137. The monoisotopic (exact) mass is 291 g/mol. The van der Waals surface area contributed by atoms with Crippen LogP contribution in [0.1, 0.15) is 19.8 Å². The van der Waals surface area contributed by atoms with Gasteiger partial charge in [-0.2, -0.15) is 5.10 Å². The van der Waals surface area contributed by atoms with Gasteiger partial charge >= 0.3 is 5.97 Å². The number of carboxylic acids is 1. The third-order valence-electron chi connectivity index (χ3n) is 2.37. The second-order valence-corrected chi connectivity index (χ2v) is 5.87. The van der Waals surface area contributed by atoms with Crippen molar-refractivity contribution >= 4 is 16.0 Å². The normalized spacial score (nSPS) is 13.4. The first-order valence-corrected chi connectivity index (χ1v) is 7.21. The molecule has 1 rings (SSSR count). The minimum atomic E-state index is -3.71. The van der Waals surface area contributed by atoms with Crippen LogP contribution >= 0.6 is 0 Å². The summed E-state index contributed by atoms with van der Waals surface area (Å²) in [6.45, 7) is 1.30. The van der Waals surface area contributed by atoms with E-state index in [2.05, 4.69) is 9.82 Å². The molecule has 0 amide bonds. The van der Waals surface area contributed by atoms with Gasteiger partial charge in [0.15, 0.2) is 0 Å². The van der Waals surface area contributed by atoms with Crippen LogP contribution in [0.15, 0.2) is 17.3 Å². The lowest BCUT2D eigenvalue weighted by Crippen LogP contribution is -2.32. The number of nitrogens with one attached hydrogen (secondary N) is 1. The van der Waals surface area contributed by atoms with E-state index in [4.69, 9.17) is 10.2 Å². The van der Waals surface area contributed by atoms with Crippen molar-refractivity contribution < 1.29 is 23.4 Å². The predicted octanol–water partition coefficient (Wildman–Crippen LogP) is -0.593. The van der Waals surface area contributed by atoms with Gasteiger partial charge in [0.2, 0.25) is 10.0 Å². The smallest absolute Gasteiger partial charge is 0.325 e. The van der Waals surface area contributed by atoms with Gasteiger partial charge in [0, 0.05) is 18.8 Å². The Morgan fingerprint density at radius 2 is 2.26 bits per heavy atom. The van der Waals surface area contributed by atoms with E-state index in [1.165, 1.54) is 0 Å². The predicted molar refractivity (Wildman–Crippen MR) is 66.0 cm³/mol. The summed E-state index contributed by atoms with van der Waals surface area (Å²) in [5, 5.41) is 20.9. The van der Waals surface area contributed by atoms with E-state index in [-0.39, 0.29) is 17.5 Å². The molecule has 0 aromatic carbocycles. The Kier molecular flexibility index (Phi) is 5.45. The zero-order valence-corrected chi connectivity index (χ0v) is 11.3. The number of aliphatic carboxylic acids is 1. The fourth-order valence-corrected chi connectivity index (χ4v) is 2.73. The number of sulfonamides is 1. The van der Waals surface area contributed by atoms with Gasteiger partial charge in [0.1, 0.15) is 11.4 Å². The molecule has 1 atom stereocenters. The van der Waals surface area contributed by atoms with E-state index < -0.39 is 22.5 Å². The first-order chi connectivity index (χ1) is 8.85. The van der Waals surface area contributed by atoms with E-state index >= 15 is 0 Å². The number of aromatic nitrogens is 2. The molecule has 19 heavy (non-hydrogen) atoms. The molecule has 0 saturated heterocycles. The Bertz CT molecular complexity index is 525. The lowest BCUT2D eigenvalue weighted by Gasteiger charge is -2.12. The molecule has 1 unspecified atom stereocenters. The Hall–Kier alpha value is -1.45. The number of aliphatic hydroxyl groups excluding tert-OH is 1. The van der Waals surface area contributed by atoms with Crippen LogP contribution in [-0.4, -0.2) is 47.0 Å². The highest BCUT2D eigenvalue weighted by Crippen LogP contribution is 2.09. The maximum atomic E-state index is 11.9. The van der Waals surface area contributed by atoms with Crippen LogP contribution in [0, 0.1) is 0 Å². The van der Waals surface area contributed by atoms with Gasteiger partial charge < -0.3 is 10.2 Å². The summed E-state index contributed by atoms with van der Waals surface area (Å²) < 4.78 is 27.3. The second kappa shape index (κ2) is 6.64. The molecular formula is C10H17N3O5S. The number of hydrogen-bond acceptors (Lipinski definition) is 5.